The van der Waals surface area contributed by atoms with Crippen LogP contribution in [0.1, 0.15) is 12.0 Å². The van der Waals surface area contributed by atoms with Crippen LogP contribution in [0.4, 0.5) is 8.78 Å². The molecule has 0 bridgehead atoms. The molecule has 0 spiro atoms. The Morgan fingerprint density at radius 1 is 0.824 bits per heavy atom. The van der Waals surface area contributed by atoms with E-state index in [9.17, 15) is 8.78 Å². The molecule has 1 nitrogen and oxygen atoms in total. The van der Waals surface area contributed by atoms with E-state index in [1.54, 1.807) is 18.2 Å². The molecule has 1 atom stereocenters. The van der Waals surface area contributed by atoms with Gasteiger partial charge in [-0.3, -0.25) is 0 Å². The molecule has 0 saturated carbocycles. The molecule has 0 heterocycles. The summed E-state index contributed by atoms with van der Waals surface area (Å²) in [6, 6.07) is 15.8. The molecular weight excluding hydrogens is 241 g/mol. The van der Waals surface area contributed by atoms with Crippen LogP contribution in [0.5, 0.6) is 0 Å². The highest BCUT2D eigenvalue weighted by atomic mass is 31.0. The van der Waals surface area contributed by atoms with Crippen molar-refractivity contribution in [2.24, 2.45) is 0 Å². The number of hydrogen-bond donors (Lipinski definition) is 0. The van der Waals surface area contributed by atoms with Crippen molar-refractivity contribution >= 4 is 9.12 Å². The molecule has 1 unspecified atom stereocenters. The predicted octanol–water partition coefficient (Wildman–Crippen LogP) is 4.50. The van der Waals surface area contributed by atoms with E-state index in [1.165, 1.54) is 15.2 Å². The molecular formula is C13H12F2OP+. The molecule has 2 rings (SSSR count). The first-order valence-corrected chi connectivity index (χ1v) is 5.42. The van der Waals surface area contributed by atoms with Crippen molar-refractivity contribution in [3.8, 4) is 11.1 Å². The molecule has 2 aromatic carbocycles. The minimum absolute atomic E-state index is 0.0868. The highest BCUT2D eigenvalue weighted by Gasteiger charge is 2.12. The summed E-state index contributed by atoms with van der Waals surface area (Å²) in [6.07, 6.45) is -2.43. The number of benzene rings is 2. The first-order valence-electron chi connectivity index (χ1n) is 4.95. The number of alkyl halides is 2. The van der Waals surface area contributed by atoms with Crippen LogP contribution in [-0.4, -0.2) is 0 Å². The van der Waals surface area contributed by atoms with Gasteiger partial charge in [-0.1, -0.05) is 59.2 Å². The molecule has 0 saturated heterocycles. The summed E-state index contributed by atoms with van der Waals surface area (Å²) in [4.78, 5) is 0. The SMILES string of the molecule is FC(F)c1ccccc1-c1ccccc1.O=[PH2+]. The summed E-state index contributed by atoms with van der Waals surface area (Å²) in [5.41, 5.74) is 1.52. The van der Waals surface area contributed by atoms with Gasteiger partial charge in [0.05, 0.1) is 0 Å². The standard InChI is InChI=1S/C13H10F2.H2OP/c14-13(15)12-9-5-4-8-11(12)10-6-2-1-3-7-10;1-2/h1-9,13H;2H2/q;+1. The fourth-order valence-electron chi connectivity index (χ4n) is 1.57. The van der Waals surface area contributed by atoms with Crippen LogP contribution in [-0.2, 0) is 4.57 Å². The van der Waals surface area contributed by atoms with Gasteiger partial charge in [-0.05, 0) is 11.1 Å². The van der Waals surface area contributed by atoms with Crippen LogP contribution in [0, 0.1) is 0 Å². The van der Waals surface area contributed by atoms with Crippen molar-refractivity contribution in [1.82, 2.24) is 0 Å². The molecule has 17 heavy (non-hydrogen) atoms. The van der Waals surface area contributed by atoms with Crippen LogP contribution in [0.25, 0.3) is 11.1 Å². The molecule has 2 aromatic rings. The third-order valence-electron chi connectivity index (χ3n) is 2.28. The molecule has 0 amide bonds. The van der Waals surface area contributed by atoms with E-state index in [0.29, 0.717) is 5.56 Å². The zero-order chi connectivity index (χ0) is 12.7. The van der Waals surface area contributed by atoms with Gasteiger partial charge in [-0.2, -0.15) is 0 Å². The van der Waals surface area contributed by atoms with E-state index < -0.39 is 6.43 Å². The second-order valence-electron chi connectivity index (χ2n) is 3.25. The van der Waals surface area contributed by atoms with Crippen molar-refractivity contribution in [2.75, 3.05) is 0 Å². The summed E-state index contributed by atoms with van der Waals surface area (Å²) in [5.74, 6) is 0. The van der Waals surface area contributed by atoms with Gasteiger partial charge in [0.2, 0.25) is 0 Å². The molecule has 0 radical (unpaired) electrons. The summed E-state index contributed by atoms with van der Waals surface area (Å²) < 4.78 is 33.6. The van der Waals surface area contributed by atoms with E-state index in [-0.39, 0.29) is 5.56 Å². The Morgan fingerprint density at radius 2 is 1.35 bits per heavy atom. The largest absolute Gasteiger partial charge is 0.310 e. The first kappa shape index (κ1) is 13.5. The molecule has 0 aliphatic heterocycles. The second-order valence-corrected chi connectivity index (χ2v) is 3.25. The number of halogens is 2. The first-order chi connectivity index (χ1) is 8.29. The van der Waals surface area contributed by atoms with Crippen LogP contribution < -0.4 is 0 Å². The van der Waals surface area contributed by atoms with Crippen molar-refractivity contribution in [2.45, 2.75) is 6.43 Å². The van der Waals surface area contributed by atoms with Gasteiger partial charge in [0.25, 0.3) is 6.43 Å². The van der Waals surface area contributed by atoms with E-state index in [0.717, 1.165) is 5.56 Å². The molecule has 0 aromatic heterocycles. The van der Waals surface area contributed by atoms with Gasteiger partial charge in [0.15, 0.2) is 0 Å². The Kier molecular flexibility index (Phi) is 5.44. The van der Waals surface area contributed by atoms with E-state index in [1.807, 2.05) is 30.3 Å². The van der Waals surface area contributed by atoms with Gasteiger partial charge in [0, 0.05) is 5.56 Å². The minimum Gasteiger partial charge on any atom is -0.205 e. The lowest BCUT2D eigenvalue weighted by Gasteiger charge is -2.08. The third-order valence-corrected chi connectivity index (χ3v) is 2.28. The molecule has 0 aliphatic rings. The second kappa shape index (κ2) is 6.87. The van der Waals surface area contributed by atoms with Crippen molar-refractivity contribution < 1.29 is 13.3 Å². The number of hydrogen-bond acceptors (Lipinski definition) is 1. The van der Waals surface area contributed by atoms with Crippen LogP contribution >= 0.6 is 9.12 Å². The van der Waals surface area contributed by atoms with Gasteiger partial charge in [-0.15, -0.1) is 0 Å². The number of rotatable bonds is 2. The summed E-state index contributed by atoms with van der Waals surface area (Å²) in [7, 11) is 1.17. The van der Waals surface area contributed by atoms with E-state index in [2.05, 4.69) is 0 Å². The van der Waals surface area contributed by atoms with E-state index >= 15 is 0 Å². The maximum Gasteiger partial charge on any atom is 0.310 e. The smallest absolute Gasteiger partial charge is 0.205 e. The summed E-state index contributed by atoms with van der Waals surface area (Å²) in [5, 5.41) is 0. The fourth-order valence-corrected chi connectivity index (χ4v) is 1.57. The predicted molar refractivity (Wildman–Crippen MR) is 67.2 cm³/mol. The fraction of sp³-hybridized carbons (Fsp3) is 0.0769. The lowest BCUT2D eigenvalue weighted by molar-refractivity contribution is 0.152. The maximum absolute atomic E-state index is 12.7. The van der Waals surface area contributed by atoms with Crippen LogP contribution in [0.15, 0.2) is 54.6 Å². The van der Waals surface area contributed by atoms with Gasteiger partial charge < -0.3 is 0 Å². The highest BCUT2D eigenvalue weighted by molar-refractivity contribution is 7.00. The Hall–Kier alpha value is -1.60. The Bertz CT molecular complexity index is 460. The van der Waals surface area contributed by atoms with Gasteiger partial charge >= 0.3 is 9.12 Å². The zero-order valence-electron chi connectivity index (χ0n) is 9.02. The van der Waals surface area contributed by atoms with Crippen molar-refractivity contribution in [3.05, 3.63) is 60.2 Å². The monoisotopic (exact) mass is 253 g/mol. The molecule has 0 fully saturated rings. The maximum atomic E-state index is 12.7. The van der Waals surface area contributed by atoms with Gasteiger partial charge in [-0.25, -0.2) is 8.78 Å². The Balaban J connectivity index is 0.000000686. The lowest BCUT2D eigenvalue weighted by Crippen LogP contribution is -1.89. The minimum atomic E-state index is -2.43. The molecule has 0 N–H and O–H groups in total. The molecule has 4 heteroatoms. The normalized spacial score (nSPS) is 9.59. The van der Waals surface area contributed by atoms with Crippen molar-refractivity contribution in [1.29, 1.82) is 0 Å². The quantitative estimate of drug-likeness (QED) is 0.720. The topological polar surface area (TPSA) is 17.1 Å². The Labute approximate surface area is 101 Å². The Morgan fingerprint density at radius 3 is 1.94 bits per heavy atom. The van der Waals surface area contributed by atoms with E-state index in [4.69, 9.17) is 4.57 Å². The molecule has 88 valence electrons. The average Bonchev–Trinajstić information content (AvgIpc) is 2.42. The third kappa shape index (κ3) is 3.43. The van der Waals surface area contributed by atoms with Crippen LogP contribution in [0.2, 0.25) is 0 Å². The molecule has 0 aliphatic carbocycles. The average molecular weight is 253 g/mol. The van der Waals surface area contributed by atoms with Crippen LogP contribution in [0.3, 0.4) is 0 Å². The van der Waals surface area contributed by atoms with Crippen molar-refractivity contribution in [3.63, 3.8) is 0 Å². The highest BCUT2D eigenvalue weighted by Crippen LogP contribution is 2.30. The zero-order valence-corrected chi connectivity index (χ0v) is 10.2. The lowest BCUT2D eigenvalue weighted by atomic mass is 10.0. The summed E-state index contributed by atoms with van der Waals surface area (Å²) in [6.45, 7) is 0. The summed E-state index contributed by atoms with van der Waals surface area (Å²) >= 11 is 0. The van der Waals surface area contributed by atoms with Gasteiger partial charge in [0.1, 0.15) is 0 Å².